The van der Waals surface area contributed by atoms with Gasteiger partial charge in [0, 0.05) is 30.9 Å². The molecule has 0 aliphatic carbocycles. The number of piperidine rings is 2. The number of nitrogens with two attached hydrogens (primary N) is 1. The molecule has 2 fully saturated rings. The largest absolute Gasteiger partial charge is 0.495 e. The second-order valence-electron chi connectivity index (χ2n) is 6.70. The highest BCUT2D eigenvalue weighted by atomic mass is 16.5. The van der Waals surface area contributed by atoms with Crippen LogP contribution in [-0.2, 0) is 0 Å². The molecule has 2 N–H and O–H groups in total. The molecule has 0 saturated carbocycles. The Morgan fingerprint density at radius 3 is 2.36 bits per heavy atom. The highest BCUT2D eigenvalue weighted by Gasteiger charge is 2.26. The van der Waals surface area contributed by atoms with Gasteiger partial charge in [-0.1, -0.05) is 6.42 Å². The molecule has 4 nitrogen and oxygen atoms in total. The van der Waals surface area contributed by atoms with Crippen molar-refractivity contribution >= 4 is 11.4 Å². The van der Waals surface area contributed by atoms with Crippen LogP contribution < -0.4 is 15.4 Å². The van der Waals surface area contributed by atoms with Gasteiger partial charge in [0.1, 0.15) is 5.75 Å². The van der Waals surface area contributed by atoms with Crippen LogP contribution in [0.3, 0.4) is 0 Å². The van der Waals surface area contributed by atoms with Crippen LogP contribution in [-0.4, -0.2) is 44.2 Å². The summed E-state index contributed by atoms with van der Waals surface area (Å²) in [5.41, 5.74) is 9.25. The van der Waals surface area contributed by atoms with Crippen LogP contribution in [0.15, 0.2) is 12.1 Å². The molecular weight excluding hydrogens is 274 g/mol. The monoisotopic (exact) mass is 303 g/mol. The van der Waals surface area contributed by atoms with Crippen LogP contribution in [0.1, 0.15) is 37.7 Å². The number of benzene rings is 1. The van der Waals surface area contributed by atoms with Gasteiger partial charge in [0.25, 0.3) is 0 Å². The molecule has 0 spiro atoms. The molecule has 0 radical (unpaired) electrons. The molecule has 22 heavy (non-hydrogen) atoms. The highest BCUT2D eigenvalue weighted by Crippen LogP contribution is 2.33. The topological polar surface area (TPSA) is 41.7 Å². The van der Waals surface area contributed by atoms with Crippen molar-refractivity contribution in [3.8, 4) is 5.75 Å². The Balaban J connectivity index is 1.66. The van der Waals surface area contributed by atoms with Crippen molar-refractivity contribution in [2.45, 2.75) is 45.1 Å². The van der Waals surface area contributed by atoms with Gasteiger partial charge in [-0.05, 0) is 57.3 Å². The molecule has 2 heterocycles. The minimum Gasteiger partial charge on any atom is -0.495 e. The zero-order chi connectivity index (χ0) is 15.5. The summed E-state index contributed by atoms with van der Waals surface area (Å²) in [4.78, 5) is 5.22. The lowest BCUT2D eigenvalue weighted by Crippen LogP contribution is -2.46. The molecule has 3 rings (SSSR count). The maximum Gasteiger partial charge on any atom is 0.143 e. The van der Waals surface area contributed by atoms with Gasteiger partial charge >= 0.3 is 0 Å². The van der Waals surface area contributed by atoms with Crippen molar-refractivity contribution in [2.24, 2.45) is 0 Å². The van der Waals surface area contributed by atoms with E-state index >= 15 is 0 Å². The summed E-state index contributed by atoms with van der Waals surface area (Å²) in [6.45, 7) is 7.02. The lowest BCUT2D eigenvalue weighted by molar-refractivity contribution is 0.141. The van der Waals surface area contributed by atoms with E-state index in [1.807, 2.05) is 6.07 Å². The number of nitrogens with zero attached hydrogens (tertiary/aromatic N) is 2. The number of hydrogen-bond donors (Lipinski definition) is 1. The number of anilines is 2. The van der Waals surface area contributed by atoms with Gasteiger partial charge in [-0.2, -0.15) is 0 Å². The summed E-state index contributed by atoms with van der Waals surface area (Å²) in [6.07, 6.45) is 6.72. The molecule has 2 aliphatic rings. The van der Waals surface area contributed by atoms with Gasteiger partial charge in [0.05, 0.1) is 12.8 Å². The molecule has 122 valence electrons. The molecule has 0 unspecified atom stereocenters. The SMILES string of the molecule is COc1cc(N2CCC(N3CCCCC3)CC2)c(C)cc1N. The molecule has 0 amide bonds. The molecule has 2 aliphatic heterocycles. The van der Waals surface area contributed by atoms with Gasteiger partial charge in [-0.15, -0.1) is 0 Å². The first-order valence-corrected chi connectivity index (χ1v) is 8.62. The van der Waals surface area contributed by atoms with E-state index in [1.54, 1.807) is 7.11 Å². The summed E-state index contributed by atoms with van der Waals surface area (Å²) in [7, 11) is 1.69. The lowest BCUT2D eigenvalue weighted by Gasteiger charge is -2.41. The number of nitrogen functional groups attached to an aromatic ring is 1. The summed E-state index contributed by atoms with van der Waals surface area (Å²) in [6, 6.07) is 4.92. The number of hydrogen-bond acceptors (Lipinski definition) is 4. The molecule has 1 aromatic rings. The molecule has 4 heteroatoms. The number of likely N-dealkylation sites (tertiary alicyclic amines) is 1. The molecule has 0 aromatic heterocycles. The zero-order valence-corrected chi connectivity index (χ0v) is 14.0. The fraction of sp³-hybridized carbons (Fsp3) is 0.667. The van der Waals surface area contributed by atoms with Crippen LogP contribution in [0, 0.1) is 6.92 Å². The van der Waals surface area contributed by atoms with E-state index in [-0.39, 0.29) is 0 Å². The number of methoxy groups -OCH3 is 1. The van der Waals surface area contributed by atoms with E-state index in [2.05, 4.69) is 22.8 Å². The van der Waals surface area contributed by atoms with Gasteiger partial charge < -0.3 is 20.3 Å². The maximum atomic E-state index is 6.00. The zero-order valence-electron chi connectivity index (χ0n) is 14.0. The highest BCUT2D eigenvalue weighted by molar-refractivity contribution is 5.66. The molecule has 1 aromatic carbocycles. The third-order valence-corrected chi connectivity index (χ3v) is 5.26. The second-order valence-corrected chi connectivity index (χ2v) is 6.70. The Morgan fingerprint density at radius 1 is 1.05 bits per heavy atom. The summed E-state index contributed by atoms with van der Waals surface area (Å²) in [5, 5.41) is 0. The standard InChI is InChI=1S/C18H29N3O/c1-14-12-16(19)18(22-2)13-17(14)21-10-6-15(7-11-21)20-8-4-3-5-9-20/h12-13,15H,3-11,19H2,1-2H3. The summed E-state index contributed by atoms with van der Waals surface area (Å²) < 4.78 is 5.39. The van der Waals surface area contributed by atoms with E-state index in [0.29, 0.717) is 0 Å². The normalized spacial score (nSPS) is 21.1. The quantitative estimate of drug-likeness (QED) is 0.872. The number of aryl methyl sites for hydroxylation is 1. The van der Waals surface area contributed by atoms with E-state index in [4.69, 9.17) is 10.5 Å². The molecular formula is C18H29N3O. The van der Waals surface area contributed by atoms with Crippen molar-refractivity contribution in [3.63, 3.8) is 0 Å². The van der Waals surface area contributed by atoms with Crippen LogP contribution in [0.2, 0.25) is 0 Å². The van der Waals surface area contributed by atoms with Crippen molar-refractivity contribution in [3.05, 3.63) is 17.7 Å². The first kappa shape index (κ1) is 15.5. The Kier molecular flexibility index (Phi) is 4.77. The number of rotatable bonds is 3. The third kappa shape index (κ3) is 3.17. The van der Waals surface area contributed by atoms with Gasteiger partial charge in [0.15, 0.2) is 0 Å². The van der Waals surface area contributed by atoms with Gasteiger partial charge in [-0.25, -0.2) is 0 Å². The van der Waals surface area contributed by atoms with Crippen molar-refractivity contribution < 1.29 is 4.74 Å². The third-order valence-electron chi connectivity index (χ3n) is 5.26. The lowest BCUT2D eigenvalue weighted by atomic mass is 9.99. The van der Waals surface area contributed by atoms with Crippen LogP contribution in [0.25, 0.3) is 0 Å². The number of ether oxygens (including phenoxy) is 1. The predicted molar refractivity (Wildman–Crippen MR) is 92.8 cm³/mol. The Labute approximate surface area is 134 Å². The Bertz CT molecular complexity index is 503. The van der Waals surface area contributed by atoms with Gasteiger partial charge in [0.2, 0.25) is 0 Å². The van der Waals surface area contributed by atoms with Crippen molar-refractivity contribution in [2.75, 3.05) is 43.9 Å². The average Bonchev–Trinajstić information content (AvgIpc) is 2.56. The van der Waals surface area contributed by atoms with Crippen LogP contribution >= 0.6 is 0 Å². The Hall–Kier alpha value is -1.42. The average molecular weight is 303 g/mol. The van der Waals surface area contributed by atoms with E-state index < -0.39 is 0 Å². The first-order valence-electron chi connectivity index (χ1n) is 8.62. The molecule has 0 bridgehead atoms. The first-order chi connectivity index (χ1) is 10.7. The van der Waals surface area contributed by atoms with E-state index in [9.17, 15) is 0 Å². The fourth-order valence-electron chi connectivity index (χ4n) is 3.97. The predicted octanol–water partition coefficient (Wildman–Crippen LogP) is 3.04. The van der Waals surface area contributed by atoms with Crippen molar-refractivity contribution in [1.29, 1.82) is 0 Å². The van der Waals surface area contributed by atoms with Crippen LogP contribution in [0.5, 0.6) is 5.75 Å². The summed E-state index contributed by atoms with van der Waals surface area (Å²) in [5.74, 6) is 0.791. The van der Waals surface area contributed by atoms with Crippen molar-refractivity contribution in [1.82, 2.24) is 4.90 Å². The van der Waals surface area contributed by atoms with Crippen LogP contribution in [0.4, 0.5) is 11.4 Å². The maximum absolute atomic E-state index is 6.00. The summed E-state index contributed by atoms with van der Waals surface area (Å²) >= 11 is 0. The molecule has 2 saturated heterocycles. The Morgan fingerprint density at radius 2 is 1.73 bits per heavy atom. The second kappa shape index (κ2) is 6.78. The smallest absolute Gasteiger partial charge is 0.143 e. The minimum absolute atomic E-state index is 0.729. The fourth-order valence-corrected chi connectivity index (χ4v) is 3.97. The molecule has 0 atom stereocenters. The minimum atomic E-state index is 0.729. The van der Waals surface area contributed by atoms with Gasteiger partial charge in [-0.3, -0.25) is 0 Å². The van der Waals surface area contributed by atoms with E-state index in [0.717, 1.165) is 30.6 Å². The van der Waals surface area contributed by atoms with E-state index in [1.165, 1.54) is 56.4 Å².